The molecule has 0 atom stereocenters. The predicted octanol–water partition coefficient (Wildman–Crippen LogP) is 3.79. The normalized spacial score (nSPS) is 10.1. The van der Waals surface area contributed by atoms with E-state index in [0.29, 0.717) is 0 Å². The third-order valence-electron chi connectivity index (χ3n) is 1.50. The second kappa shape index (κ2) is 5.60. The summed E-state index contributed by atoms with van der Waals surface area (Å²) in [5.74, 6) is 0.849. The molecule has 0 unspecified atom stereocenters. The lowest BCUT2D eigenvalue weighted by Crippen LogP contribution is -1.96. The summed E-state index contributed by atoms with van der Waals surface area (Å²) in [6.07, 6.45) is 2.23. The largest absolute Gasteiger partial charge is 0.493 e. The van der Waals surface area contributed by atoms with Gasteiger partial charge in [-0.25, -0.2) is 4.98 Å². The first-order chi connectivity index (χ1) is 6.22. The molecule has 72 valence electrons. The van der Waals surface area contributed by atoms with Gasteiger partial charge in [0.15, 0.2) is 0 Å². The lowest BCUT2D eigenvalue weighted by atomic mass is 10.3. The molecule has 1 aromatic rings. The third kappa shape index (κ3) is 4.09. The van der Waals surface area contributed by atoms with Gasteiger partial charge in [-0.2, -0.15) is 0 Å². The monoisotopic (exact) mass is 307 g/mol. The van der Waals surface area contributed by atoms with E-state index in [4.69, 9.17) is 4.74 Å². The molecule has 4 heteroatoms. The van der Waals surface area contributed by atoms with Crippen LogP contribution in [0.1, 0.15) is 19.8 Å². The van der Waals surface area contributed by atoms with Crippen LogP contribution in [0.15, 0.2) is 21.3 Å². The van der Waals surface area contributed by atoms with Crippen LogP contribution < -0.4 is 4.74 Å². The van der Waals surface area contributed by atoms with E-state index in [9.17, 15) is 0 Å². The van der Waals surface area contributed by atoms with E-state index in [0.717, 1.165) is 34.4 Å². The highest BCUT2D eigenvalue weighted by molar-refractivity contribution is 9.11. The van der Waals surface area contributed by atoms with Gasteiger partial charge in [-0.3, -0.25) is 0 Å². The maximum atomic E-state index is 5.51. The van der Waals surface area contributed by atoms with Crippen LogP contribution in [0.5, 0.6) is 5.75 Å². The van der Waals surface area contributed by atoms with Crippen LogP contribution in [0.3, 0.4) is 0 Å². The summed E-state index contributed by atoms with van der Waals surface area (Å²) in [6.45, 7) is 2.90. The second-order valence-electron chi connectivity index (χ2n) is 2.65. The van der Waals surface area contributed by atoms with Gasteiger partial charge in [-0.05, 0) is 38.3 Å². The lowest BCUT2D eigenvalue weighted by molar-refractivity contribution is 0.308. The van der Waals surface area contributed by atoms with Gasteiger partial charge in [0.1, 0.15) is 15.0 Å². The van der Waals surface area contributed by atoms with Gasteiger partial charge < -0.3 is 4.74 Å². The molecule has 0 saturated carbocycles. The summed E-state index contributed by atoms with van der Waals surface area (Å²) in [6, 6.07) is 3.72. The van der Waals surface area contributed by atoms with Gasteiger partial charge >= 0.3 is 0 Å². The Morgan fingerprint density at radius 1 is 1.31 bits per heavy atom. The fourth-order valence-electron chi connectivity index (χ4n) is 0.861. The molecular weight excluding hydrogens is 298 g/mol. The van der Waals surface area contributed by atoms with Crippen molar-refractivity contribution in [3.8, 4) is 5.75 Å². The Hall–Kier alpha value is -0.0900. The molecule has 0 saturated heterocycles. The van der Waals surface area contributed by atoms with Gasteiger partial charge in [0.05, 0.1) is 6.61 Å². The van der Waals surface area contributed by atoms with Crippen LogP contribution in [0.2, 0.25) is 0 Å². The number of pyridine rings is 1. The van der Waals surface area contributed by atoms with Crippen LogP contribution in [0, 0.1) is 0 Å². The maximum absolute atomic E-state index is 5.51. The number of hydrogen-bond acceptors (Lipinski definition) is 2. The Kier molecular flexibility index (Phi) is 4.73. The minimum atomic E-state index is 0.763. The maximum Gasteiger partial charge on any atom is 0.124 e. The highest BCUT2D eigenvalue weighted by Crippen LogP contribution is 2.21. The van der Waals surface area contributed by atoms with Crippen LogP contribution in [-0.2, 0) is 0 Å². The van der Waals surface area contributed by atoms with E-state index in [1.165, 1.54) is 0 Å². The molecule has 1 rings (SSSR count). The fourth-order valence-corrected chi connectivity index (χ4v) is 1.93. The van der Waals surface area contributed by atoms with Crippen molar-refractivity contribution in [2.45, 2.75) is 19.8 Å². The molecule has 1 heterocycles. The number of nitrogens with zero attached hydrogens (tertiary/aromatic N) is 1. The Morgan fingerprint density at radius 3 is 2.46 bits per heavy atom. The molecule has 0 aliphatic carbocycles. The van der Waals surface area contributed by atoms with Gasteiger partial charge in [-0.1, -0.05) is 13.3 Å². The van der Waals surface area contributed by atoms with Gasteiger partial charge in [0.2, 0.25) is 0 Å². The zero-order valence-electron chi connectivity index (χ0n) is 7.39. The van der Waals surface area contributed by atoms with Crippen LogP contribution in [0.4, 0.5) is 0 Å². The van der Waals surface area contributed by atoms with Crippen LogP contribution in [-0.4, -0.2) is 11.6 Å². The number of ether oxygens (including phenoxy) is 1. The summed E-state index contributed by atoms with van der Waals surface area (Å²) in [5, 5.41) is 0. The molecule has 1 aromatic heterocycles. The molecule has 0 N–H and O–H groups in total. The van der Waals surface area contributed by atoms with E-state index in [1.807, 2.05) is 12.1 Å². The predicted molar refractivity (Wildman–Crippen MR) is 60.0 cm³/mol. The number of rotatable bonds is 4. The Morgan fingerprint density at radius 2 is 1.92 bits per heavy atom. The standard InChI is InChI=1S/C9H11Br2NO/c1-2-3-4-13-7-5-8(10)12-9(11)6-7/h5-6H,2-4H2,1H3. The van der Waals surface area contributed by atoms with Gasteiger partial charge in [-0.15, -0.1) is 0 Å². The number of aromatic nitrogens is 1. The van der Waals surface area contributed by atoms with Crippen molar-refractivity contribution in [3.63, 3.8) is 0 Å². The molecule has 0 spiro atoms. The van der Waals surface area contributed by atoms with E-state index in [-0.39, 0.29) is 0 Å². The van der Waals surface area contributed by atoms with Crippen LogP contribution >= 0.6 is 31.9 Å². The molecule has 0 aliphatic heterocycles. The molecule has 0 fully saturated rings. The topological polar surface area (TPSA) is 22.1 Å². The Bertz CT molecular complexity index is 258. The molecule has 0 aromatic carbocycles. The quantitative estimate of drug-likeness (QED) is 0.624. The fraction of sp³-hybridized carbons (Fsp3) is 0.444. The SMILES string of the molecule is CCCCOc1cc(Br)nc(Br)c1. The lowest BCUT2D eigenvalue weighted by Gasteiger charge is -2.05. The van der Waals surface area contributed by atoms with Gasteiger partial charge in [0.25, 0.3) is 0 Å². The molecule has 13 heavy (non-hydrogen) atoms. The van der Waals surface area contributed by atoms with Crippen molar-refractivity contribution < 1.29 is 4.74 Å². The molecule has 2 nitrogen and oxygen atoms in total. The van der Waals surface area contributed by atoms with E-state index in [1.54, 1.807) is 0 Å². The average Bonchev–Trinajstić information content (AvgIpc) is 2.03. The zero-order valence-corrected chi connectivity index (χ0v) is 10.6. The third-order valence-corrected chi connectivity index (χ3v) is 2.32. The van der Waals surface area contributed by atoms with Crippen molar-refractivity contribution in [1.82, 2.24) is 4.98 Å². The summed E-state index contributed by atoms with van der Waals surface area (Å²) < 4.78 is 7.08. The number of unbranched alkanes of at least 4 members (excludes halogenated alkanes) is 1. The average molecular weight is 309 g/mol. The van der Waals surface area contributed by atoms with Crippen molar-refractivity contribution in [1.29, 1.82) is 0 Å². The first-order valence-electron chi connectivity index (χ1n) is 4.18. The summed E-state index contributed by atoms with van der Waals surface area (Å²) in [5.41, 5.74) is 0. The van der Waals surface area contributed by atoms with Gasteiger partial charge in [0, 0.05) is 12.1 Å². The van der Waals surface area contributed by atoms with Crippen molar-refractivity contribution >= 4 is 31.9 Å². The van der Waals surface area contributed by atoms with E-state index in [2.05, 4.69) is 43.8 Å². The first kappa shape index (κ1) is 11.0. The van der Waals surface area contributed by atoms with E-state index < -0.39 is 0 Å². The van der Waals surface area contributed by atoms with Crippen molar-refractivity contribution in [3.05, 3.63) is 21.3 Å². The smallest absolute Gasteiger partial charge is 0.124 e. The minimum absolute atomic E-state index is 0.763. The summed E-state index contributed by atoms with van der Waals surface area (Å²) in [7, 11) is 0. The first-order valence-corrected chi connectivity index (χ1v) is 5.77. The van der Waals surface area contributed by atoms with E-state index >= 15 is 0 Å². The summed E-state index contributed by atoms with van der Waals surface area (Å²) >= 11 is 6.60. The molecule has 0 bridgehead atoms. The van der Waals surface area contributed by atoms with Crippen LogP contribution in [0.25, 0.3) is 0 Å². The Balaban J connectivity index is 2.56. The highest BCUT2D eigenvalue weighted by Gasteiger charge is 1.98. The molecule has 0 aliphatic rings. The number of hydrogen-bond donors (Lipinski definition) is 0. The molecule has 0 radical (unpaired) electrons. The minimum Gasteiger partial charge on any atom is -0.493 e. The molecule has 0 amide bonds. The Labute approximate surface area is 95.0 Å². The zero-order chi connectivity index (χ0) is 9.68. The highest BCUT2D eigenvalue weighted by atomic mass is 79.9. The summed E-state index contributed by atoms with van der Waals surface area (Å²) in [4.78, 5) is 4.12. The second-order valence-corrected chi connectivity index (χ2v) is 4.28. The van der Waals surface area contributed by atoms with Crippen molar-refractivity contribution in [2.24, 2.45) is 0 Å². The molecular formula is C9H11Br2NO. The number of halogens is 2. The van der Waals surface area contributed by atoms with Crippen molar-refractivity contribution in [2.75, 3.05) is 6.61 Å².